The zero-order valence-electron chi connectivity index (χ0n) is 15.1. The van der Waals surface area contributed by atoms with Gasteiger partial charge in [-0.05, 0) is 42.0 Å². The quantitative estimate of drug-likeness (QED) is 0.275. The van der Waals surface area contributed by atoms with E-state index in [2.05, 4.69) is 9.97 Å². The Morgan fingerprint density at radius 2 is 2.10 bits per heavy atom. The van der Waals surface area contributed by atoms with Crippen molar-refractivity contribution >= 4 is 34.1 Å². The van der Waals surface area contributed by atoms with Crippen LogP contribution in [0, 0.1) is 17.1 Å². The number of carbonyl (C=O) groups excluding carboxylic acids is 1. The van der Waals surface area contributed by atoms with Gasteiger partial charge in [0.2, 0.25) is 5.78 Å². The van der Waals surface area contributed by atoms with Crippen LogP contribution in [0.3, 0.4) is 0 Å². The third-order valence-corrected chi connectivity index (χ3v) is 4.95. The SMILES string of the molecule is N#C/C(=C\c1ccc(OCc2cscn2)cc1)C(=O)c1c[nH]c2cc(F)ccc12. The standard InChI is InChI=1S/C22H14FN3O2S/c23-16-3-6-19-20(10-25-21(19)8-16)22(27)15(9-24)7-14-1-4-18(5-2-14)28-11-17-12-29-13-26-17/h1-8,10,12-13,25H,11H2/b15-7+. The molecule has 0 saturated carbocycles. The number of Topliss-reactive ketones (excluding diaryl/α,β-unsaturated/α-hetero) is 1. The number of nitrogens with zero attached hydrogens (tertiary/aromatic N) is 2. The molecule has 0 fully saturated rings. The lowest BCUT2D eigenvalue weighted by atomic mass is 10.0. The summed E-state index contributed by atoms with van der Waals surface area (Å²) < 4.78 is 19.0. The third-order valence-electron chi connectivity index (χ3n) is 4.31. The maximum Gasteiger partial charge on any atom is 0.205 e. The summed E-state index contributed by atoms with van der Waals surface area (Å²) >= 11 is 1.51. The molecule has 0 unspecified atom stereocenters. The number of H-pyrrole nitrogens is 1. The normalized spacial score (nSPS) is 11.4. The van der Waals surface area contributed by atoms with E-state index < -0.39 is 11.6 Å². The zero-order chi connectivity index (χ0) is 20.2. The molecule has 0 atom stereocenters. The van der Waals surface area contributed by atoms with Crippen LogP contribution in [0.1, 0.15) is 21.6 Å². The van der Waals surface area contributed by atoms with Gasteiger partial charge in [-0.15, -0.1) is 11.3 Å². The minimum atomic E-state index is -0.422. The molecule has 0 radical (unpaired) electrons. The molecule has 5 nitrogen and oxygen atoms in total. The minimum absolute atomic E-state index is 0.00799. The minimum Gasteiger partial charge on any atom is -0.487 e. The fourth-order valence-electron chi connectivity index (χ4n) is 2.87. The van der Waals surface area contributed by atoms with Gasteiger partial charge in [-0.2, -0.15) is 5.26 Å². The van der Waals surface area contributed by atoms with E-state index in [-0.39, 0.29) is 5.57 Å². The predicted octanol–water partition coefficient (Wildman–Crippen LogP) is 5.13. The maximum absolute atomic E-state index is 13.3. The van der Waals surface area contributed by atoms with E-state index in [4.69, 9.17) is 4.74 Å². The highest BCUT2D eigenvalue weighted by Gasteiger charge is 2.17. The third kappa shape index (κ3) is 4.08. The number of aromatic nitrogens is 2. The number of ether oxygens (including phenoxy) is 1. The number of hydrogen-bond acceptors (Lipinski definition) is 5. The van der Waals surface area contributed by atoms with Gasteiger partial charge in [0, 0.05) is 28.0 Å². The Labute approximate surface area is 169 Å². The van der Waals surface area contributed by atoms with Gasteiger partial charge < -0.3 is 9.72 Å². The van der Waals surface area contributed by atoms with Gasteiger partial charge in [0.15, 0.2) is 0 Å². The van der Waals surface area contributed by atoms with Crippen LogP contribution in [0.2, 0.25) is 0 Å². The Morgan fingerprint density at radius 1 is 1.28 bits per heavy atom. The number of allylic oxidation sites excluding steroid dienone is 1. The Morgan fingerprint density at radius 3 is 2.83 bits per heavy atom. The number of nitriles is 1. The highest BCUT2D eigenvalue weighted by molar-refractivity contribution is 7.07. The van der Waals surface area contributed by atoms with Gasteiger partial charge in [0.05, 0.1) is 11.2 Å². The van der Waals surface area contributed by atoms with Crippen LogP contribution >= 0.6 is 11.3 Å². The predicted molar refractivity (Wildman–Crippen MR) is 109 cm³/mol. The van der Waals surface area contributed by atoms with E-state index in [0.717, 1.165) is 5.69 Å². The zero-order valence-corrected chi connectivity index (χ0v) is 15.9. The highest BCUT2D eigenvalue weighted by Crippen LogP contribution is 2.23. The first-order valence-corrected chi connectivity index (χ1v) is 9.61. The molecule has 0 amide bonds. The number of ketones is 1. The molecule has 142 valence electrons. The maximum atomic E-state index is 13.3. The second-order valence-corrected chi connectivity index (χ2v) is 6.95. The van der Waals surface area contributed by atoms with Crippen LogP contribution < -0.4 is 4.74 Å². The highest BCUT2D eigenvalue weighted by atomic mass is 32.1. The first kappa shape index (κ1) is 18.6. The van der Waals surface area contributed by atoms with Gasteiger partial charge in [-0.25, -0.2) is 9.37 Å². The smallest absolute Gasteiger partial charge is 0.205 e. The molecule has 0 saturated heterocycles. The number of nitrogens with one attached hydrogen (secondary N) is 1. The second-order valence-electron chi connectivity index (χ2n) is 6.23. The molecule has 1 N–H and O–H groups in total. The Kier molecular flexibility index (Phi) is 5.18. The largest absolute Gasteiger partial charge is 0.487 e. The van der Waals surface area contributed by atoms with E-state index in [0.29, 0.717) is 34.4 Å². The molecule has 4 aromatic rings. The summed E-state index contributed by atoms with van der Waals surface area (Å²) in [5.74, 6) is -0.153. The van der Waals surface area contributed by atoms with Crippen LogP contribution in [0.5, 0.6) is 5.75 Å². The Hall–Kier alpha value is -3.76. The first-order valence-electron chi connectivity index (χ1n) is 8.67. The monoisotopic (exact) mass is 403 g/mol. The summed E-state index contributed by atoms with van der Waals surface area (Å²) in [5, 5.41) is 12.0. The number of benzene rings is 2. The lowest BCUT2D eigenvalue weighted by molar-refractivity contribution is 0.104. The summed E-state index contributed by atoms with van der Waals surface area (Å²) in [6.07, 6.45) is 3.02. The summed E-state index contributed by atoms with van der Waals surface area (Å²) in [6, 6.07) is 13.2. The van der Waals surface area contributed by atoms with Crippen LogP contribution in [0.4, 0.5) is 4.39 Å². The molecule has 2 heterocycles. The first-order chi connectivity index (χ1) is 14.1. The van der Waals surface area contributed by atoms with Crippen molar-refractivity contribution in [1.82, 2.24) is 9.97 Å². The molecular formula is C22H14FN3O2S. The number of fused-ring (bicyclic) bond motifs is 1. The molecule has 0 spiro atoms. The van der Waals surface area contributed by atoms with Crippen molar-refractivity contribution in [3.05, 3.63) is 87.8 Å². The van der Waals surface area contributed by atoms with E-state index >= 15 is 0 Å². The topological polar surface area (TPSA) is 78.8 Å². The molecule has 29 heavy (non-hydrogen) atoms. The molecule has 0 aliphatic carbocycles. The summed E-state index contributed by atoms with van der Waals surface area (Å²) in [4.78, 5) is 19.8. The summed E-state index contributed by atoms with van der Waals surface area (Å²) in [5.41, 5.74) is 4.13. The number of hydrogen-bond donors (Lipinski definition) is 1. The molecule has 2 aromatic heterocycles. The average molecular weight is 403 g/mol. The van der Waals surface area contributed by atoms with E-state index in [1.165, 1.54) is 41.8 Å². The van der Waals surface area contributed by atoms with Crippen LogP contribution in [-0.2, 0) is 6.61 Å². The molecule has 0 aliphatic rings. The number of aromatic amines is 1. The number of carbonyl (C=O) groups is 1. The van der Waals surface area contributed by atoms with Crippen molar-refractivity contribution in [1.29, 1.82) is 5.26 Å². The van der Waals surface area contributed by atoms with Crippen molar-refractivity contribution in [2.24, 2.45) is 0 Å². The lowest BCUT2D eigenvalue weighted by Gasteiger charge is -2.04. The van der Waals surface area contributed by atoms with Gasteiger partial charge in [0.25, 0.3) is 0 Å². The van der Waals surface area contributed by atoms with E-state index in [1.807, 2.05) is 11.4 Å². The van der Waals surface area contributed by atoms with E-state index in [9.17, 15) is 14.4 Å². The molecule has 0 aliphatic heterocycles. The molecular weight excluding hydrogens is 389 g/mol. The van der Waals surface area contributed by atoms with Crippen molar-refractivity contribution < 1.29 is 13.9 Å². The second kappa shape index (κ2) is 8.09. The van der Waals surface area contributed by atoms with Crippen molar-refractivity contribution in [3.63, 3.8) is 0 Å². The number of thiazole rings is 1. The summed E-state index contributed by atoms with van der Waals surface area (Å²) in [6.45, 7) is 0.377. The molecule has 7 heteroatoms. The van der Waals surface area contributed by atoms with E-state index in [1.54, 1.807) is 29.8 Å². The van der Waals surface area contributed by atoms with Gasteiger partial charge in [0.1, 0.15) is 29.8 Å². The molecule has 0 bridgehead atoms. The fourth-order valence-corrected chi connectivity index (χ4v) is 3.42. The van der Waals surface area contributed by atoms with Crippen molar-refractivity contribution in [2.45, 2.75) is 6.61 Å². The van der Waals surface area contributed by atoms with Crippen LogP contribution in [0.15, 0.2) is 65.1 Å². The number of rotatable bonds is 6. The Balaban J connectivity index is 1.53. The van der Waals surface area contributed by atoms with Gasteiger partial charge in [-0.1, -0.05) is 12.1 Å². The molecule has 4 rings (SSSR count). The molecule has 2 aromatic carbocycles. The summed E-state index contributed by atoms with van der Waals surface area (Å²) in [7, 11) is 0. The van der Waals surface area contributed by atoms with Crippen molar-refractivity contribution in [2.75, 3.05) is 0 Å². The van der Waals surface area contributed by atoms with Crippen LogP contribution in [0.25, 0.3) is 17.0 Å². The number of halogens is 1. The van der Waals surface area contributed by atoms with Crippen molar-refractivity contribution in [3.8, 4) is 11.8 Å². The average Bonchev–Trinajstić information content (AvgIpc) is 3.40. The Bertz CT molecular complexity index is 1240. The van der Waals surface area contributed by atoms with Gasteiger partial charge in [-0.3, -0.25) is 4.79 Å². The fraction of sp³-hybridized carbons (Fsp3) is 0.0455. The van der Waals surface area contributed by atoms with Crippen LogP contribution in [-0.4, -0.2) is 15.8 Å². The lowest BCUT2D eigenvalue weighted by Crippen LogP contribution is -2.01. The van der Waals surface area contributed by atoms with Gasteiger partial charge >= 0.3 is 0 Å².